The molecule has 0 spiro atoms. The Hall–Kier alpha value is -2.72. The van der Waals surface area contributed by atoms with Crippen LogP contribution in [0, 0.1) is 25.2 Å². The maximum atomic E-state index is 12.1. The van der Waals surface area contributed by atoms with E-state index >= 15 is 0 Å². The van der Waals surface area contributed by atoms with Crippen LogP contribution in [-0.2, 0) is 14.3 Å². The number of hydrogen-bond donors (Lipinski definition) is 0. The minimum atomic E-state index is -1.00. The maximum Gasteiger partial charge on any atom is 0.309 e. The second-order valence-electron chi connectivity index (χ2n) is 5.43. The standard InChI is InChI=1S/C18H18N2O4S/c1-12-4-3-5-14(8-12)23-7-6-17(22)24-10-16(21)15(9-19)18-20-13(2)11-25-18/h3-5,8,11,15H,6-7,10H2,1-2H3/t15-/m1/s1. The van der Waals surface area contributed by atoms with E-state index in [1.807, 2.05) is 31.2 Å². The molecule has 0 N–H and O–H groups in total. The molecule has 6 nitrogen and oxygen atoms in total. The molecule has 0 amide bonds. The van der Waals surface area contributed by atoms with Gasteiger partial charge in [-0.1, -0.05) is 12.1 Å². The number of carbonyl (C=O) groups is 2. The van der Waals surface area contributed by atoms with Crippen LogP contribution in [0.2, 0.25) is 0 Å². The van der Waals surface area contributed by atoms with Crippen molar-refractivity contribution < 1.29 is 19.1 Å². The fourth-order valence-electron chi connectivity index (χ4n) is 2.03. The van der Waals surface area contributed by atoms with Gasteiger partial charge in [-0.3, -0.25) is 9.59 Å². The topological polar surface area (TPSA) is 89.3 Å². The molecule has 1 aromatic heterocycles. The van der Waals surface area contributed by atoms with E-state index in [0.29, 0.717) is 10.8 Å². The molecule has 25 heavy (non-hydrogen) atoms. The first-order valence-electron chi connectivity index (χ1n) is 7.69. The third-order valence-electron chi connectivity index (χ3n) is 3.27. The second kappa shape index (κ2) is 8.94. The highest BCUT2D eigenvalue weighted by Gasteiger charge is 2.24. The molecule has 0 saturated heterocycles. The Kier molecular flexibility index (Phi) is 6.66. The first-order chi connectivity index (χ1) is 12.0. The minimum Gasteiger partial charge on any atom is -0.493 e. The number of thiazole rings is 1. The summed E-state index contributed by atoms with van der Waals surface area (Å²) in [5.41, 5.74) is 1.81. The van der Waals surface area contributed by atoms with E-state index in [1.165, 1.54) is 11.3 Å². The van der Waals surface area contributed by atoms with E-state index in [0.717, 1.165) is 11.3 Å². The van der Waals surface area contributed by atoms with E-state index < -0.39 is 24.3 Å². The van der Waals surface area contributed by atoms with E-state index in [-0.39, 0.29) is 13.0 Å². The van der Waals surface area contributed by atoms with Crippen molar-refractivity contribution in [3.05, 3.63) is 45.9 Å². The molecule has 2 rings (SSSR count). The van der Waals surface area contributed by atoms with E-state index in [1.54, 1.807) is 18.4 Å². The lowest BCUT2D eigenvalue weighted by molar-refractivity contribution is -0.148. The van der Waals surface area contributed by atoms with Crippen LogP contribution in [-0.4, -0.2) is 30.0 Å². The molecule has 1 heterocycles. The Labute approximate surface area is 150 Å². The highest BCUT2D eigenvalue weighted by Crippen LogP contribution is 2.20. The van der Waals surface area contributed by atoms with Crippen LogP contribution in [0.5, 0.6) is 5.75 Å². The van der Waals surface area contributed by atoms with E-state index in [9.17, 15) is 9.59 Å². The Balaban J connectivity index is 1.75. The van der Waals surface area contributed by atoms with E-state index in [4.69, 9.17) is 14.7 Å². The van der Waals surface area contributed by atoms with Gasteiger partial charge in [0.1, 0.15) is 10.8 Å². The van der Waals surface area contributed by atoms with Crippen molar-refractivity contribution in [2.24, 2.45) is 0 Å². The molecule has 0 unspecified atom stereocenters. The minimum absolute atomic E-state index is 0.0226. The van der Waals surface area contributed by atoms with Gasteiger partial charge in [0, 0.05) is 11.1 Å². The number of carbonyl (C=O) groups excluding carboxylic acids is 2. The molecule has 130 valence electrons. The number of hydrogen-bond acceptors (Lipinski definition) is 7. The van der Waals surface area contributed by atoms with Crippen molar-refractivity contribution in [2.75, 3.05) is 13.2 Å². The van der Waals surface area contributed by atoms with Gasteiger partial charge in [-0.25, -0.2) is 4.98 Å². The van der Waals surface area contributed by atoms with Gasteiger partial charge in [0.2, 0.25) is 0 Å². The summed E-state index contributed by atoms with van der Waals surface area (Å²) in [4.78, 5) is 27.9. The van der Waals surface area contributed by atoms with Gasteiger partial charge in [0.25, 0.3) is 0 Å². The summed E-state index contributed by atoms with van der Waals surface area (Å²) in [5.74, 6) is -1.36. The average Bonchev–Trinajstić information content (AvgIpc) is 3.00. The lowest BCUT2D eigenvalue weighted by Crippen LogP contribution is -2.20. The Morgan fingerprint density at radius 1 is 1.36 bits per heavy atom. The number of rotatable bonds is 8. The molecule has 0 aliphatic carbocycles. The molecule has 7 heteroatoms. The Morgan fingerprint density at radius 3 is 2.80 bits per heavy atom. The number of esters is 1. The average molecular weight is 358 g/mol. The monoisotopic (exact) mass is 358 g/mol. The number of benzene rings is 1. The van der Waals surface area contributed by atoms with Crippen LogP contribution in [0.25, 0.3) is 0 Å². The van der Waals surface area contributed by atoms with Crippen molar-refractivity contribution in [1.82, 2.24) is 4.98 Å². The summed E-state index contributed by atoms with van der Waals surface area (Å²) in [6.07, 6.45) is 0.0226. The summed E-state index contributed by atoms with van der Waals surface area (Å²) in [6.45, 7) is 3.44. The Morgan fingerprint density at radius 2 is 2.16 bits per heavy atom. The molecule has 0 aliphatic heterocycles. The fraction of sp³-hybridized carbons (Fsp3) is 0.333. The number of ether oxygens (including phenoxy) is 2. The molecule has 0 saturated carbocycles. The van der Waals surface area contributed by atoms with Crippen LogP contribution in [0.3, 0.4) is 0 Å². The van der Waals surface area contributed by atoms with Gasteiger partial charge in [0.05, 0.1) is 19.1 Å². The van der Waals surface area contributed by atoms with Crippen LogP contribution in [0.1, 0.15) is 28.6 Å². The van der Waals surface area contributed by atoms with Gasteiger partial charge in [-0.15, -0.1) is 11.3 Å². The van der Waals surface area contributed by atoms with Gasteiger partial charge < -0.3 is 9.47 Å². The summed E-state index contributed by atoms with van der Waals surface area (Å²) >= 11 is 1.24. The lowest BCUT2D eigenvalue weighted by atomic mass is 10.1. The molecule has 0 radical (unpaired) electrons. The maximum absolute atomic E-state index is 12.1. The number of aromatic nitrogens is 1. The highest BCUT2D eigenvalue weighted by molar-refractivity contribution is 7.09. The molecular weight excluding hydrogens is 340 g/mol. The normalized spacial score (nSPS) is 11.4. The molecule has 2 aromatic rings. The summed E-state index contributed by atoms with van der Waals surface area (Å²) < 4.78 is 10.4. The fourth-order valence-corrected chi connectivity index (χ4v) is 2.90. The van der Waals surface area contributed by atoms with E-state index in [2.05, 4.69) is 4.98 Å². The van der Waals surface area contributed by atoms with Crippen molar-refractivity contribution in [1.29, 1.82) is 5.26 Å². The molecule has 1 atom stereocenters. The molecule has 0 aliphatic rings. The van der Waals surface area contributed by atoms with Crippen molar-refractivity contribution in [2.45, 2.75) is 26.2 Å². The second-order valence-corrected chi connectivity index (χ2v) is 6.32. The number of ketones is 1. The lowest BCUT2D eigenvalue weighted by Gasteiger charge is -2.08. The van der Waals surface area contributed by atoms with Crippen LogP contribution in [0.4, 0.5) is 0 Å². The predicted octanol–water partition coefficient (Wildman–Crippen LogP) is 2.95. The number of nitrogens with zero attached hydrogens (tertiary/aromatic N) is 2. The zero-order valence-corrected chi connectivity index (χ0v) is 14.8. The summed E-state index contributed by atoms with van der Waals surface area (Å²) in [7, 11) is 0. The third kappa shape index (κ3) is 5.69. The first kappa shape index (κ1) is 18.6. The van der Waals surface area contributed by atoms with Crippen molar-refractivity contribution in [3.63, 3.8) is 0 Å². The van der Waals surface area contributed by atoms with Crippen LogP contribution < -0.4 is 4.74 Å². The zero-order valence-electron chi connectivity index (χ0n) is 14.0. The van der Waals surface area contributed by atoms with Gasteiger partial charge in [-0.05, 0) is 31.5 Å². The predicted molar refractivity (Wildman–Crippen MR) is 92.5 cm³/mol. The number of aryl methyl sites for hydroxylation is 2. The quantitative estimate of drug-likeness (QED) is 0.674. The first-order valence-corrected chi connectivity index (χ1v) is 8.57. The van der Waals surface area contributed by atoms with Gasteiger partial charge in [0.15, 0.2) is 18.3 Å². The number of Topliss-reactive ketones (excluding diaryl/α,β-unsaturated/α-hetero) is 1. The molecular formula is C18H18N2O4S. The smallest absolute Gasteiger partial charge is 0.309 e. The molecule has 1 aromatic carbocycles. The highest BCUT2D eigenvalue weighted by atomic mass is 32.1. The Bertz CT molecular complexity index is 794. The number of nitriles is 1. The largest absolute Gasteiger partial charge is 0.493 e. The summed E-state index contributed by atoms with van der Waals surface area (Å²) in [6, 6.07) is 9.38. The third-order valence-corrected chi connectivity index (χ3v) is 4.30. The molecule has 0 bridgehead atoms. The molecule has 0 fully saturated rings. The van der Waals surface area contributed by atoms with Crippen molar-refractivity contribution >= 4 is 23.1 Å². The van der Waals surface area contributed by atoms with Gasteiger partial charge in [-0.2, -0.15) is 5.26 Å². The van der Waals surface area contributed by atoms with Crippen molar-refractivity contribution in [3.8, 4) is 11.8 Å². The SMILES string of the molecule is Cc1cccc(OCCC(=O)OCC(=O)[C@@H](C#N)c2nc(C)cs2)c1. The summed E-state index contributed by atoms with van der Waals surface area (Å²) in [5, 5.41) is 11.3. The van der Waals surface area contributed by atoms with Crippen LogP contribution >= 0.6 is 11.3 Å². The zero-order chi connectivity index (χ0) is 18.2. The van der Waals surface area contributed by atoms with Crippen LogP contribution in [0.15, 0.2) is 29.6 Å². The van der Waals surface area contributed by atoms with Gasteiger partial charge >= 0.3 is 5.97 Å².